The van der Waals surface area contributed by atoms with Gasteiger partial charge in [-0.05, 0) is 35.9 Å². The zero-order chi connectivity index (χ0) is 13.8. The van der Waals surface area contributed by atoms with Gasteiger partial charge >= 0.3 is 0 Å². The second-order valence-electron chi connectivity index (χ2n) is 3.91. The van der Waals surface area contributed by atoms with E-state index in [0.717, 1.165) is 21.3 Å². The Morgan fingerprint density at radius 3 is 2.47 bits per heavy atom. The molecule has 0 aliphatic carbocycles. The third-order valence-corrected chi connectivity index (χ3v) is 4.22. The lowest BCUT2D eigenvalue weighted by Gasteiger charge is -2.10. The van der Waals surface area contributed by atoms with Crippen molar-refractivity contribution in [3.8, 4) is 5.75 Å². The normalized spacial score (nSPS) is 10.5. The lowest BCUT2D eigenvalue weighted by molar-refractivity contribution is 0.306. The first kappa shape index (κ1) is 15.0. The molecule has 0 heterocycles. The lowest BCUT2D eigenvalue weighted by atomic mass is 10.2. The first-order chi connectivity index (χ1) is 9.10. The largest absolute Gasteiger partial charge is 0.489 e. The number of hydrogen-bond acceptors (Lipinski definition) is 1. The van der Waals surface area contributed by atoms with Gasteiger partial charge in [-0.1, -0.05) is 45.2 Å². The van der Waals surface area contributed by atoms with E-state index in [9.17, 15) is 0 Å². The van der Waals surface area contributed by atoms with Crippen LogP contribution in [0.2, 0.25) is 10.0 Å². The molecule has 0 N–H and O–H groups in total. The highest BCUT2D eigenvalue weighted by molar-refractivity contribution is 9.10. The summed E-state index contributed by atoms with van der Waals surface area (Å²) in [7, 11) is 0. The second kappa shape index (κ2) is 6.85. The Morgan fingerprint density at radius 2 is 1.79 bits per heavy atom. The maximum absolute atomic E-state index is 6.09. The number of benzene rings is 2. The van der Waals surface area contributed by atoms with Crippen LogP contribution in [-0.2, 0) is 12.5 Å². The van der Waals surface area contributed by atoms with E-state index in [0.29, 0.717) is 22.5 Å². The van der Waals surface area contributed by atoms with Crippen molar-refractivity contribution in [3.05, 3.63) is 62.0 Å². The fraction of sp³-hybridized carbons (Fsp3) is 0.143. The van der Waals surface area contributed by atoms with Gasteiger partial charge in [-0.15, -0.1) is 11.6 Å². The summed E-state index contributed by atoms with van der Waals surface area (Å²) in [6, 6.07) is 11.0. The molecule has 0 atom stereocenters. The summed E-state index contributed by atoms with van der Waals surface area (Å²) in [5, 5.41) is 1.21. The van der Waals surface area contributed by atoms with Crippen LogP contribution in [0.3, 0.4) is 0 Å². The molecule has 0 aromatic heterocycles. The van der Waals surface area contributed by atoms with Crippen LogP contribution < -0.4 is 4.74 Å². The molecule has 100 valence electrons. The summed E-state index contributed by atoms with van der Waals surface area (Å²) in [5.41, 5.74) is 1.88. The minimum Gasteiger partial charge on any atom is -0.489 e. The Labute approximate surface area is 135 Å². The highest BCUT2D eigenvalue weighted by Crippen LogP contribution is 2.26. The molecular formula is C14H10BrCl3O. The van der Waals surface area contributed by atoms with Crippen molar-refractivity contribution in [3.63, 3.8) is 0 Å². The van der Waals surface area contributed by atoms with Gasteiger partial charge in [0.15, 0.2) is 0 Å². The van der Waals surface area contributed by atoms with Gasteiger partial charge in [-0.2, -0.15) is 0 Å². The number of halogens is 4. The third kappa shape index (κ3) is 4.03. The van der Waals surface area contributed by atoms with E-state index in [2.05, 4.69) is 15.9 Å². The highest BCUT2D eigenvalue weighted by atomic mass is 79.9. The van der Waals surface area contributed by atoms with Crippen LogP contribution in [0.4, 0.5) is 0 Å². The number of rotatable bonds is 4. The fourth-order valence-corrected chi connectivity index (χ4v) is 2.78. The molecule has 1 nitrogen and oxygen atoms in total. The molecule has 2 rings (SSSR count). The molecule has 0 amide bonds. The second-order valence-corrected chi connectivity index (χ2v) is 5.88. The quantitative estimate of drug-likeness (QED) is 0.585. The predicted molar refractivity (Wildman–Crippen MR) is 84.5 cm³/mol. The average Bonchev–Trinajstić information content (AvgIpc) is 2.39. The van der Waals surface area contributed by atoms with Gasteiger partial charge in [0.05, 0.1) is 0 Å². The standard InChI is InChI=1S/C14H10BrCl3O/c15-13-4-3-12(5-10(13)7-16)19-8-9-1-2-11(17)6-14(9)18/h1-6H,7-8H2. The van der Waals surface area contributed by atoms with Gasteiger partial charge in [-0.3, -0.25) is 0 Å². The zero-order valence-electron chi connectivity index (χ0n) is 9.80. The predicted octanol–water partition coefficient (Wildman–Crippen LogP) is 6.07. The maximum atomic E-state index is 6.09. The molecule has 19 heavy (non-hydrogen) atoms. The van der Waals surface area contributed by atoms with Crippen molar-refractivity contribution in [1.29, 1.82) is 0 Å². The van der Waals surface area contributed by atoms with E-state index in [-0.39, 0.29) is 0 Å². The van der Waals surface area contributed by atoms with Crippen molar-refractivity contribution in [2.75, 3.05) is 0 Å². The summed E-state index contributed by atoms with van der Waals surface area (Å²) in [6.45, 7) is 0.388. The van der Waals surface area contributed by atoms with Gasteiger partial charge in [0, 0.05) is 26.0 Å². The molecule has 0 aliphatic heterocycles. The van der Waals surface area contributed by atoms with Crippen molar-refractivity contribution in [2.24, 2.45) is 0 Å². The van der Waals surface area contributed by atoms with E-state index in [1.54, 1.807) is 12.1 Å². The molecule has 0 fully saturated rings. The summed E-state index contributed by atoms with van der Waals surface area (Å²) < 4.78 is 6.67. The molecular weight excluding hydrogens is 370 g/mol. The topological polar surface area (TPSA) is 9.23 Å². The number of ether oxygens (including phenoxy) is 1. The third-order valence-electron chi connectivity index (χ3n) is 2.57. The first-order valence-electron chi connectivity index (χ1n) is 5.51. The molecule has 0 saturated heterocycles. The van der Waals surface area contributed by atoms with Gasteiger partial charge in [0.25, 0.3) is 0 Å². The molecule has 2 aromatic rings. The number of hydrogen-bond donors (Lipinski definition) is 0. The Balaban J connectivity index is 2.10. The van der Waals surface area contributed by atoms with Gasteiger partial charge in [0.1, 0.15) is 12.4 Å². The summed E-state index contributed by atoms with van der Waals surface area (Å²) in [4.78, 5) is 0. The van der Waals surface area contributed by atoms with Crippen LogP contribution in [0, 0.1) is 0 Å². The molecule has 0 saturated carbocycles. The van der Waals surface area contributed by atoms with E-state index < -0.39 is 0 Å². The van der Waals surface area contributed by atoms with Crippen molar-refractivity contribution >= 4 is 50.7 Å². The molecule has 0 unspecified atom stereocenters. The molecule has 0 radical (unpaired) electrons. The van der Waals surface area contributed by atoms with Crippen LogP contribution in [-0.4, -0.2) is 0 Å². The summed E-state index contributed by atoms with van der Waals surface area (Å²) >= 11 is 21.2. The Kier molecular flexibility index (Phi) is 5.40. The Hall–Kier alpha value is -0.410. The van der Waals surface area contributed by atoms with E-state index >= 15 is 0 Å². The van der Waals surface area contributed by atoms with E-state index in [1.807, 2.05) is 24.3 Å². The highest BCUT2D eigenvalue weighted by Gasteiger charge is 2.05. The van der Waals surface area contributed by atoms with Crippen LogP contribution in [0.1, 0.15) is 11.1 Å². The molecule has 0 aliphatic rings. The van der Waals surface area contributed by atoms with Gasteiger partial charge in [-0.25, -0.2) is 0 Å². The molecule has 0 bridgehead atoms. The summed E-state index contributed by atoms with van der Waals surface area (Å²) in [5.74, 6) is 1.18. The smallest absolute Gasteiger partial charge is 0.120 e. The van der Waals surface area contributed by atoms with Crippen molar-refractivity contribution in [2.45, 2.75) is 12.5 Å². The van der Waals surface area contributed by atoms with Gasteiger partial charge in [0.2, 0.25) is 0 Å². The minimum absolute atomic E-state index is 0.388. The molecule has 2 aromatic carbocycles. The van der Waals surface area contributed by atoms with Crippen LogP contribution >= 0.6 is 50.7 Å². The molecule has 5 heteroatoms. The minimum atomic E-state index is 0.388. The van der Waals surface area contributed by atoms with Crippen LogP contribution in [0.25, 0.3) is 0 Å². The lowest BCUT2D eigenvalue weighted by Crippen LogP contribution is -1.97. The van der Waals surface area contributed by atoms with E-state index in [4.69, 9.17) is 39.5 Å². The van der Waals surface area contributed by atoms with E-state index in [1.165, 1.54) is 0 Å². The zero-order valence-corrected chi connectivity index (χ0v) is 13.7. The Morgan fingerprint density at radius 1 is 1.00 bits per heavy atom. The monoisotopic (exact) mass is 378 g/mol. The molecule has 0 spiro atoms. The van der Waals surface area contributed by atoms with Crippen molar-refractivity contribution in [1.82, 2.24) is 0 Å². The summed E-state index contributed by atoms with van der Waals surface area (Å²) in [6.07, 6.45) is 0. The van der Waals surface area contributed by atoms with Crippen LogP contribution in [0.15, 0.2) is 40.9 Å². The fourth-order valence-electron chi connectivity index (χ4n) is 1.54. The van der Waals surface area contributed by atoms with Crippen LogP contribution in [0.5, 0.6) is 5.75 Å². The number of alkyl halides is 1. The maximum Gasteiger partial charge on any atom is 0.120 e. The average molecular weight is 380 g/mol. The van der Waals surface area contributed by atoms with Crippen molar-refractivity contribution < 1.29 is 4.74 Å². The first-order valence-corrected chi connectivity index (χ1v) is 7.59. The van der Waals surface area contributed by atoms with Gasteiger partial charge < -0.3 is 4.74 Å². The Bertz CT molecular complexity index is 587. The SMILES string of the molecule is ClCc1cc(OCc2ccc(Cl)cc2Cl)ccc1Br.